The molecular weight excluding hydrogens is 292 g/mol. The van der Waals surface area contributed by atoms with Crippen LogP contribution in [0.4, 0.5) is 0 Å². The zero-order chi connectivity index (χ0) is 16.2. The highest BCUT2D eigenvalue weighted by Crippen LogP contribution is 2.26. The SMILES string of the molecule is Cc1noc(C2CCCN(CC(=O)NC3CCCCC3C)C2)n1. The number of hydrogen-bond donors (Lipinski definition) is 1. The molecule has 3 atom stereocenters. The third-order valence-electron chi connectivity index (χ3n) is 5.22. The Morgan fingerprint density at radius 3 is 2.87 bits per heavy atom. The molecular formula is C17H28N4O2. The summed E-state index contributed by atoms with van der Waals surface area (Å²) in [6.45, 7) is 6.37. The van der Waals surface area contributed by atoms with E-state index in [9.17, 15) is 4.79 Å². The first kappa shape index (κ1) is 16.4. The number of amides is 1. The number of carbonyl (C=O) groups excluding carboxylic acids is 1. The van der Waals surface area contributed by atoms with E-state index in [1.54, 1.807) is 0 Å². The highest BCUT2D eigenvalue weighted by atomic mass is 16.5. The number of aryl methyl sites for hydroxylation is 1. The number of nitrogens with zero attached hydrogens (tertiary/aromatic N) is 3. The molecule has 6 heteroatoms. The lowest BCUT2D eigenvalue weighted by molar-refractivity contribution is -0.123. The van der Waals surface area contributed by atoms with Crippen LogP contribution in [0.1, 0.15) is 63.1 Å². The van der Waals surface area contributed by atoms with E-state index in [4.69, 9.17) is 4.52 Å². The van der Waals surface area contributed by atoms with Gasteiger partial charge < -0.3 is 9.84 Å². The van der Waals surface area contributed by atoms with E-state index in [0.717, 1.165) is 32.4 Å². The van der Waals surface area contributed by atoms with Gasteiger partial charge in [-0.3, -0.25) is 9.69 Å². The van der Waals surface area contributed by atoms with Crippen LogP contribution in [0, 0.1) is 12.8 Å². The summed E-state index contributed by atoms with van der Waals surface area (Å²) in [7, 11) is 0. The van der Waals surface area contributed by atoms with Crippen LogP contribution in [0.5, 0.6) is 0 Å². The first-order valence-electron chi connectivity index (χ1n) is 8.93. The average molecular weight is 320 g/mol. The highest BCUT2D eigenvalue weighted by Gasteiger charge is 2.28. The van der Waals surface area contributed by atoms with Gasteiger partial charge in [0.15, 0.2) is 5.82 Å². The summed E-state index contributed by atoms with van der Waals surface area (Å²) in [6.07, 6.45) is 7.01. The normalized spacial score (nSPS) is 29.4. The third kappa shape index (κ3) is 4.31. The Bertz CT molecular complexity index is 530. The lowest BCUT2D eigenvalue weighted by Crippen LogP contribution is -2.47. The van der Waals surface area contributed by atoms with Crippen LogP contribution in [-0.2, 0) is 4.79 Å². The quantitative estimate of drug-likeness (QED) is 0.921. The summed E-state index contributed by atoms with van der Waals surface area (Å²) < 4.78 is 5.30. The molecule has 0 spiro atoms. The minimum absolute atomic E-state index is 0.158. The van der Waals surface area contributed by atoms with Crippen molar-refractivity contribution in [3.63, 3.8) is 0 Å². The Labute approximate surface area is 138 Å². The van der Waals surface area contributed by atoms with Crippen molar-refractivity contribution in [2.45, 2.75) is 64.3 Å². The molecule has 0 radical (unpaired) electrons. The summed E-state index contributed by atoms with van der Waals surface area (Å²) in [5.74, 6) is 2.41. The first-order valence-corrected chi connectivity index (χ1v) is 8.93. The molecule has 0 aromatic carbocycles. The Morgan fingerprint density at radius 2 is 2.13 bits per heavy atom. The van der Waals surface area contributed by atoms with Gasteiger partial charge >= 0.3 is 0 Å². The van der Waals surface area contributed by atoms with E-state index in [1.807, 2.05) is 6.92 Å². The van der Waals surface area contributed by atoms with Gasteiger partial charge in [-0.15, -0.1) is 0 Å². The monoisotopic (exact) mass is 320 g/mol. The lowest BCUT2D eigenvalue weighted by atomic mass is 9.86. The molecule has 3 unspecified atom stereocenters. The number of aromatic nitrogens is 2. The van der Waals surface area contributed by atoms with Gasteiger partial charge in [0.05, 0.1) is 12.5 Å². The lowest BCUT2D eigenvalue weighted by Gasteiger charge is -2.33. The Morgan fingerprint density at radius 1 is 1.30 bits per heavy atom. The topological polar surface area (TPSA) is 71.3 Å². The standard InChI is InChI=1S/C17H28N4O2/c1-12-6-3-4-8-15(12)19-16(22)11-21-9-5-7-14(10-21)17-18-13(2)20-23-17/h12,14-15H,3-11H2,1-2H3,(H,19,22). The van der Waals surface area contributed by atoms with Crippen molar-refractivity contribution in [3.05, 3.63) is 11.7 Å². The minimum atomic E-state index is 0.158. The van der Waals surface area contributed by atoms with E-state index < -0.39 is 0 Å². The van der Waals surface area contributed by atoms with Crippen molar-refractivity contribution in [1.82, 2.24) is 20.4 Å². The van der Waals surface area contributed by atoms with Crippen molar-refractivity contribution in [2.24, 2.45) is 5.92 Å². The smallest absolute Gasteiger partial charge is 0.234 e. The maximum atomic E-state index is 12.4. The second kappa shape index (κ2) is 7.43. The van der Waals surface area contributed by atoms with Crippen molar-refractivity contribution in [2.75, 3.05) is 19.6 Å². The van der Waals surface area contributed by atoms with E-state index in [-0.39, 0.29) is 11.8 Å². The summed E-state index contributed by atoms with van der Waals surface area (Å²) in [5.41, 5.74) is 0. The molecule has 2 aliphatic rings. The van der Waals surface area contributed by atoms with Gasteiger partial charge in [0.1, 0.15) is 0 Å². The Hall–Kier alpha value is -1.43. The summed E-state index contributed by atoms with van der Waals surface area (Å²) in [4.78, 5) is 18.9. The van der Waals surface area contributed by atoms with Crippen molar-refractivity contribution >= 4 is 5.91 Å². The third-order valence-corrected chi connectivity index (χ3v) is 5.22. The Kier molecular flexibility index (Phi) is 5.30. The van der Waals surface area contributed by atoms with E-state index >= 15 is 0 Å². The van der Waals surface area contributed by atoms with Crippen LogP contribution in [0.15, 0.2) is 4.52 Å². The van der Waals surface area contributed by atoms with Crippen LogP contribution in [0.3, 0.4) is 0 Å². The number of carbonyl (C=O) groups is 1. The van der Waals surface area contributed by atoms with Crippen molar-refractivity contribution < 1.29 is 9.32 Å². The van der Waals surface area contributed by atoms with Crippen LogP contribution in [0.25, 0.3) is 0 Å². The second-order valence-corrected chi connectivity index (χ2v) is 7.19. The van der Waals surface area contributed by atoms with Crippen LogP contribution < -0.4 is 5.32 Å². The second-order valence-electron chi connectivity index (χ2n) is 7.19. The molecule has 2 heterocycles. The van der Waals surface area contributed by atoms with Crippen LogP contribution in [-0.4, -0.2) is 46.6 Å². The molecule has 2 fully saturated rings. The molecule has 3 rings (SSSR count). The first-order chi connectivity index (χ1) is 11.1. The molecule has 1 N–H and O–H groups in total. The van der Waals surface area contributed by atoms with Gasteiger partial charge in [-0.25, -0.2) is 0 Å². The van der Waals surface area contributed by atoms with Crippen LogP contribution >= 0.6 is 0 Å². The Balaban J connectivity index is 1.50. The van der Waals surface area contributed by atoms with E-state index in [1.165, 1.54) is 19.3 Å². The molecule has 1 aliphatic heterocycles. The fraction of sp³-hybridized carbons (Fsp3) is 0.824. The van der Waals surface area contributed by atoms with Gasteiger partial charge in [0.25, 0.3) is 0 Å². The summed E-state index contributed by atoms with van der Waals surface area (Å²) in [5, 5.41) is 7.12. The van der Waals surface area contributed by atoms with Gasteiger partial charge in [-0.05, 0) is 45.1 Å². The number of hydrogen-bond acceptors (Lipinski definition) is 5. The predicted octanol–water partition coefficient (Wildman–Crippen LogP) is 2.25. The van der Waals surface area contributed by atoms with E-state index in [2.05, 4.69) is 27.3 Å². The molecule has 6 nitrogen and oxygen atoms in total. The molecule has 1 saturated carbocycles. The molecule has 0 bridgehead atoms. The molecule has 1 amide bonds. The van der Waals surface area contributed by atoms with Gasteiger partial charge in [-0.2, -0.15) is 4.98 Å². The van der Waals surface area contributed by atoms with Gasteiger partial charge in [-0.1, -0.05) is 24.9 Å². The largest absolute Gasteiger partial charge is 0.352 e. The average Bonchev–Trinajstić information content (AvgIpc) is 2.96. The maximum Gasteiger partial charge on any atom is 0.234 e. The summed E-state index contributed by atoms with van der Waals surface area (Å²) >= 11 is 0. The van der Waals surface area contributed by atoms with Crippen LogP contribution in [0.2, 0.25) is 0 Å². The summed E-state index contributed by atoms with van der Waals surface area (Å²) in [6, 6.07) is 0.357. The molecule has 1 aromatic heterocycles. The molecule has 23 heavy (non-hydrogen) atoms. The zero-order valence-electron chi connectivity index (χ0n) is 14.3. The minimum Gasteiger partial charge on any atom is -0.352 e. The fourth-order valence-corrected chi connectivity index (χ4v) is 3.87. The highest BCUT2D eigenvalue weighted by molar-refractivity contribution is 5.78. The number of rotatable bonds is 4. The maximum absolute atomic E-state index is 12.4. The van der Waals surface area contributed by atoms with Gasteiger partial charge in [0, 0.05) is 12.6 Å². The molecule has 1 aliphatic carbocycles. The van der Waals surface area contributed by atoms with Crippen molar-refractivity contribution in [1.29, 1.82) is 0 Å². The number of piperidine rings is 1. The van der Waals surface area contributed by atoms with Gasteiger partial charge in [0.2, 0.25) is 11.8 Å². The predicted molar refractivity (Wildman–Crippen MR) is 87.0 cm³/mol. The molecule has 1 saturated heterocycles. The fourth-order valence-electron chi connectivity index (χ4n) is 3.87. The number of nitrogens with one attached hydrogen (secondary N) is 1. The van der Waals surface area contributed by atoms with E-state index in [0.29, 0.717) is 30.2 Å². The molecule has 128 valence electrons. The van der Waals surface area contributed by atoms with Crippen molar-refractivity contribution in [3.8, 4) is 0 Å². The zero-order valence-corrected chi connectivity index (χ0v) is 14.3. The number of likely N-dealkylation sites (tertiary alicyclic amines) is 1. The molecule has 1 aromatic rings.